The Balaban J connectivity index is 2.20. The number of hydrogen-bond acceptors (Lipinski definition) is 3. The summed E-state index contributed by atoms with van der Waals surface area (Å²) >= 11 is 10.7. The van der Waals surface area contributed by atoms with Gasteiger partial charge in [-0.2, -0.15) is 0 Å². The van der Waals surface area contributed by atoms with Gasteiger partial charge in [0.25, 0.3) is 0 Å². The van der Waals surface area contributed by atoms with Crippen molar-refractivity contribution >= 4 is 55.8 Å². The van der Waals surface area contributed by atoms with E-state index < -0.39 is 0 Å². The minimum atomic E-state index is -0.353. The molecule has 1 aromatic carbocycles. The fourth-order valence-corrected chi connectivity index (χ4v) is 3.63. The van der Waals surface area contributed by atoms with E-state index in [2.05, 4.69) is 20.9 Å². The van der Waals surface area contributed by atoms with E-state index in [1.165, 1.54) is 17.4 Å². The second kappa shape index (κ2) is 5.02. The van der Waals surface area contributed by atoms with Crippen LogP contribution in [0, 0.1) is 5.82 Å². The molecular weight excluding hydrogens is 365 g/mol. The molecule has 0 saturated heterocycles. The smallest absolute Gasteiger partial charge is 0.201 e. The molecule has 7 heteroatoms. The number of aromatic nitrogens is 2. The number of nitrogens with two attached hydrogens (primary N) is 1. The van der Waals surface area contributed by atoms with Gasteiger partial charge in [-0.05, 0) is 41.1 Å². The molecule has 1 atom stereocenters. The zero-order chi connectivity index (χ0) is 14.4. The van der Waals surface area contributed by atoms with Crippen LogP contribution in [0.15, 0.2) is 28.7 Å². The van der Waals surface area contributed by atoms with E-state index in [0.29, 0.717) is 15.9 Å². The summed E-state index contributed by atoms with van der Waals surface area (Å²) in [5.41, 5.74) is 7.31. The normalized spacial score (nSPS) is 13.0. The van der Waals surface area contributed by atoms with Gasteiger partial charge in [-0.3, -0.25) is 0 Å². The summed E-state index contributed by atoms with van der Waals surface area (Å²) in [5.74, 6) is 0.00323. The Labute approximate surface area is 132 Å². The minimum absolute atomic E-state index is 0.0186. The van der Waals surface area contributed by atoms with Crippen LogP contribution in [0.5, 0.6) is 0 Å². The molecule has 3 nitrogen and oxygen atoms in total. The van der Waals surface area contributed by atoms with Gasteiger partial charge in [-0.15, -0.1) is 11.3 Å². The van der Waals surface area contributed by atoms with E-state index in [1.54, 1.807) is 6.07 Å². The zero-order valence-electron chi connectivity index (χ0n) is 10.4. The number of thiophene rings is 1. The number of rotatable bonds is 2. The molecule has 0 aliphatic carbocycles. The molecule has 0 fully saturated rings. The van der Waals surface area contributed by atoms with Gasteiger partial charge in [0, 0.05) is 10.9 Å². The number of fused-ring (bicyclic) bond motifs is 1. The Kier molecular flexibility index (Phi) is 3.48. The highest BCUT2D eigenvalue weighted by Gasteiger charge is 2.18. The molecule has 0 spiro atoms. The average Bonchev–Trinajstić information content (AvgIpc) is 2.93. The first-order chi connectivity index (χ1) is 9.47. The summed E-state index contributed by atoms with van der Waals surface area (Å²) in [6.07, 6.45) is 0. The van der Waals surface area contributed by atoms with Crippen molar-refractivity contribution < 1.29 is 4.39 Å². The highest BCUT2D eigenvalue weighted by Crippen LogP contribution is 2.34. The third-order valence-corrected chi connectivity index (χ3v) is 5.16. The third-order valence-electron chi connectivity index (χ3n) is 3.15. The van der Waals surface area contributed by atoms with Crippen molar-refractivity contribution in [2.45, 2.75) is 13.0 Å². The van der Waals surface area contributed by atoms with Gasteiger partial charge >= 0.3 is 0 Å². The zero-order valence-corrected chi connectivity index (χ0v) is 13.6. The molecule has 2 heterocycles. The molecular formula is C13H10BrClFN3S. The van der Waals surface area contributed by atoms with E-state index in [1.807, 2.05) is 23.6 Å². The Morgan fingerprint density at radius 2 is 2.20 bits per heavy atom. The van der Waals surface area contributed by atoms with Crippen LogP contribution in [0.4, 0.5) is 10.3 Å². The number of benzene rings is 1. The maximum Gasteiger partial charge on any atom is 0.201 e. The largest absolute Gasteiger partial charge is 0.369 e. The predicted octanol–water partition coefficient (Wildman–Crippen LogP) is 4.84. The summed E-state index contributed by atoms with van der Waals surface area (Å²) in [5, 5.41) is 0. The van der Waals surface area contributed by atoms with Crippen molar-refractivity contribution in [1.29, 1.82) is 0 Å². The highest BCUT2D eigenvalue weighted by atomic mass is 79.9. The standard InChI is InChI=1S/C13H10BrClFN3S/c1-6(11-2-3-12(15)20-11)19-10-4-7(14)8(16)5-9(10)18-13(19)17/h2-6H,1H3,(H2,17,18). The molecule has 0 radical (unpaired) electrons. The lowest BCUT2D eigenvalue weighted by Gasteiger charge is -2.14. The first kappa shape index (κ1) is 13.9. The van der Waals surface area contributed by atoms with Gasteiger partial charge in [0.15, 0.2) is 0 Å². The number of anilines is 1. The number of hydrogen-bond donors (Lipinski definition) is 1. The summed E-state index contributed by atoms with van der Waals surface area (Å²) in [6, 6.07) is 6.86. The van der Waals surface area contributed by atoms with Gasteiger partial charge < -0.3 is 10.3 Å². The van der Waals surface area contributed by atoms with Gasteiger partial charge in [0.2, 0.25) is 5.95 Å². The van der Waals surface area contributed by atoms with Gasteiger partial charge in [0.1, 0.15) is 5.82 Å². The van der Waals surface area contributed by atoms with Gasteiger partial charge in [-0.25, -0.2) is 9.37 Å². The fraction of sp³-hybridized carbons (Fsp3) is 0.154. The lowest BCUT2D eigenvalue weighted by molar-refractivity contribution is 0.622. The van der Waals surface area contributed by atoms with Crippen molar-refractivity contribution in [2.75, 3.05) is 5.73 Å². The average molecular weight is 375 g/mol. The van der Waals surface area contributed by atoms with Crippen LogP contribution in [-0.4, -0.2) is 9.55 Å². The van der Waals surface area contributed by atoms with Crippen molar-refractivity contribution in [3.63, 3.8) is 0 Å². The minimum Gasteiger partial charge on any atom is -0.369 e. The number of nitrogens with zero attached hydrogens (tertiary/aromatic N) is 2. The molecule has 20 heavy (non-hydrogen) atoms. The lowest BCUT2D eigenvalue weighted by atomic mass is 10.2. The lowest BCUT2D eigenvalue weighted by Crippen LogP contribution is -2.08. The summed E-state index contributed by atoms with van der Waals surface area (Å²) in [7, 11) is 0. The Morgan fingerprint density at radius 1 is 1.45 bits per heavy atom. The van der Waals surface area contributed by atoms with Crippen molar-refractivity contribution in [1.82, 2.24) is 9.55 Å². The first-order valence-corrected chi connectivity index (χ1v) is 7.84. The maximum absolute atomic E-state index is 13.6. The molecule has 2 aromatic heterocycles. The van der Waals surface area contributed by atoms with Crippen LogP contribution >= 0.6 is 38.9 Å². The summed E-state index contributed by atoms with van der Waals surface area (Å²) in [6.45, 7) is 2.01. The van der Waals surface area contributed by atoms with Crippen molar-refractivity contribution in [2.24, 2.45) is 0 Å². The number of nitrogen functional groups attached to an aromatic ring is 1. The van der Waals surface area contributed by atoms with E-state index >= 15 is 0 Å². The second-order valence-electron chi connectivity index (χ2n) is 4.41. The Morgan fingerprint density at radius 3 is 2.85 bits per heavy atom. The second-order valence-corrected chi connectivity index (χ2v) is 7.01. The van der Waals surface area contributed by atoms with Crippen LogP contribution in [-0.2, 0) is 0 Å². The molecule has 0 bridgehead atoms. The highest BCUT2D eigenvalue weighted by molar-refractivity contribution is 9.10. The van der Waals surface area contributed by atoms with Crippen molar-refractivity contribution in [3.05, 3.63) is 43.8 Å². The van der Waals surface area contributed by atoms with Crippen LogP contribution in [0.3, 0.4) is 0 Å². The molecule has 0 aliphatic rings. The maximum atomic E-state index is 13.6. The molecule has 2 N–H and O–H groups in total. The topological polar surface area (TPSA) is 43.8 Å². The van der Waals surface area contributed by atoms with Gasteiger partial charge in [0.05, 0.1) is 25.9 Å². The third kappa shape index (κ3) is 2.21. The molecule has 0 saturated carbocycles. The molecule has 0 amide bonds. The number of halogens is 3. The number of imidazole rings is 1. The van der Waals surface area contributed by atoms with E-state index in [9.17, 15) is 4.39 Å². The van der Waals surface area contributed by atoms with Crippen LogP contribution in [0.2, 0.25) is 4.34 Å². The summed E-state index contributed by atoms with van der Waals surface area (Å²) in [4.78, 5) is 5.29. The van der Waals surface area contributed by atoms with Crippen LogP contribution in [0.1, 0.15) is 17.8 Å². The Bertz CT molecular complexity index is 798. The molecule has 104 valence electrons. The summed E-state index contributed by atoms with van der Waals surface area (Å²) < 4.78 is 16.6. The molecule has 3 rings (SSSR count). The molecule has 1 unspecified atom stereocenters. The molecule has 3 aromatic rings. The van der Waals surface area contributed by atoms with Gasteiger partial charge in [-0.1, -0.05) is 11.6 Å². The first-order valence-electron chi connectivity index (χ1n) is 5.85. The van der Waals surface area contributed by atoms with Crippen molar-refractivity contribution in [3.8, 4) is 0 Å². The monoisotopic (exact) mass is 373 g/mol. The van der Waals surface area contributed by atoms with E-state index in [0.717, 1.165) is 14.7 Å². The van der Waals surface area contributed by atoms with E-state index in [4.69, 9.17) is 17.3 Å². The Hall–Kier alpha value is -1.11. The SMILES string of the molecule is CC(c1ccc(Cl)s1)n1c(N)nc2cc(F)c(Br)cc21. The quantitative estimate of drug-likeness (QED) is 0.697. The molecule has 0 aliphatic heterocycles. The van der Waals surface area contributed by atoms with E-state index in [-0.39, 0.29) is 11.9 Å². The fourth-order valence-electron chi connectivity index (χ4n) is 2.20. The van der Waals surface area contributed by atoms with Crippen LogP contribution < -0.4 is 5.73 Å². The van der Waals surface area contributed by atoms with Crippen LogP contribution in [0.25, 0.3) is 11.0 Å². The predicted molar refractivity (Wildman–Crippen MR) is 84.9 cm³/mol.